The minimum absolute atomic E-state index is 0.149. The second-order valence-corrected chi connectivity index (χ2v) is 4.41. The maximum atomic E-state index is 10.9. The van der Waals surface area contributed by atoms with E-state index >= 15 is 0 Å². The molecule has 0 radical (unpaired) electrons. The maximum Gasteiger partial charge on any atom is 0.274 e. The fourth-order valence-corrected chi connectivity index (χ4v) is 2.00. The van der Waals surface area contributed by atoms with Gasteiger partial charge in [-0.1, -0.05) is 6.07 Å². The van der Waals surface area contributed by atoms with E-state index < -0.39 is 0 Å². The largest absolute Gasteiger partial charge is 0.380 e. The van der Waals surface area contributed by atoms with E-state index in [0.29, 0.717) is 12.1 Å². The first-order valence-electron chi connectivity index (χ1n) is 6.24. The van der Waals surface area contributed by atoms with Crippen molar-refractivity contribution in [2.24, 2.45) is 0 Å². The number of aryl methyl sites for hydroxylation is 1. The third kappa shape index (κ3) is 2.93. The molecule has 0 unspecified atom stereocenters. The Balaban J connectivity index is 2.11. The second-order valence-electron chi connectivity index (χ2n) is 4.41. The number of anilines is 1. The van der Waals surface area contributed by atoms with Crippen molar-refractivity contribution in [1.82, 2.24) is 4.57 Å². The molecule has 1 aromatic heterocycles. The molecular formula is C14H17N3O2. The number of hydrogen-bond donors (Lipinski definition) is 1. The van der Waals surface area contributed by atoms with Crippen LogP contribution in [0.4, 0.5) is 11.4 Å². The number of aromatic nitrogens is 1. The van der Waals surface area contributed by atoms with Gasteiger partial charge in [0.1, 0.15) is 0 Å². The lowest BCUT2D eigenvalue weighted by Crippen LogP contribution is -2.02. The van der Waals surface area contributed by atoms with Crippen molar-refractivity contribution in [3.05, 3.63) is 57.9 Å². The van der Waals surface area contributed by atoms with Gasteiger partial charge in [0.25, 0.3) is 5.69 Å². The van der Waals surface area contributed by atoms with Gasteiger partial charge in [0.05, 0.1) is 4.92 Å². The van der Waals surface area contributed by atoms with Crippen molar-refractivity contribution in [1.29, 1.82) is 0 Å². The summed E-state index contributed by atoms with van der Waals surface area (Å²) >= 11 is 0. The number of hydrogen-bond acceptors (Lipinski definition) is 3. The Morgan fingerprint density at radius 3 is 2.79 bits per heavy atom. The van der Waals surface area contributed by atoms with Gasteiger partial charge in [-0.05, 0) is 31.5 Å². The molecule has 1 heterocycles. The number of nitro benzene ring substituents is 1. The zero-order chi connectivity index (χ0) is 13.8. The molecule has 1 aromatic carbocycles. The van der Waals surface area contributed by atoms with E-state index in [1.165, 1.54) is 6.07 Å². The topological polar surface area (TPSA) is 60.1 Å². The standard InChI is InChI=1S/C14H17N3O2/c1-3-16-8-7-12(10-16)9-15-13-5-4-6-14(11(13)2)17(18)19/h4-8,10,15H,3,9H2,1-2H3. The predicted octanol–water partition coefficient (Wildman–Crippen LogP) is 3.34. The summed E-state index contributed by atoms with van der Waals surface area (Å²) in [5, 5.41) is 14.1. The number of rotatable bonds is 5. The first kappa shape index (κ1) is 13.1. The van der Waals surface area contributed by atoms with Gasteiger partial charge in [-0.3, -0.25) is 10.1 Å². The Kier molecular flexibility index (Phi) is 3.85. The Labute approximate surface area is 112 Å². The highest BCUT2D eigenvalue weighted by atomic mass is 16.6. The van der Waals surface area contributed by atoms with Crippen LogP contribution in [-0.4, -0.2) is 9.49 Å². The van der Waals surface area contributed by atoms with E-state index in [1.807, 2.05) is 18.3 Å². The van der Waals surface area contributed by atoms with Gasteiger partial charge >= 0.3 is 0 Å². The highest BCUT2D eigenvalue weighted by Crippen LogP contribution is 2.25. The normalized spacial score (nSPS) is 10.4. The van der Waals surface area contributed by atoms with Gasteiger partial charge in [0.2, 0.25) is 0 Å². The second kappa shape index (κ2) is 5.56. The molecule has 0 aliphatic rings. The highest BCUT2D eigenvalue weighted by molar-refractivity contribution is 5.59. The lowest BCUT2D eigenvalue weighted by atomic mass is 10.1. The van der Waals surface area contributed by atoms with Crippen molar-refractivity contribution in [3.63, 3.8) is 0 Å². The van der Waals surface area contributed by atoms with Gasteiger partial charge in [-0.15, -0.1) is 0 Å². The number of nitro groups is 1. The summed E-state index contributed by atoms with van der Waals surface area (Å²) in [6, 6.07) is 7.13. The molecule has 2 aromatic rings. The molecule has 0 spiro atoms. The molecule has 0 saturated heterocycles. The molecule has 5 nitrogen and oxygen atoms in total. The van der Waals surface area contributed by atoms with E-state index in [0.717, 1.165) is 17.8 Å². The third-order valence-corrected chi connectivity index (χ3v) is 3.16. The fourth-order valence-electron chi connectivity index (χ4n) is 2.00. The Hall–Kier alpha value is -2.30. The summed E-state index contributed by atoms with van der Waals surface area (Å²) in [6.45, 7) is 5.45. The highest BCUT2D eigenvalue weighted by Gasteiger charge is 2.12. The van der Waals surface area contributed by atoms with Gasteiger partial charge in [-0.25, -0.2) is 0 Å². The fraction of sp³-hybridized carbons (Fsp3) is 0.286. The Morgan fingerprint density at radius 1 is 1.37 bits per heavy atom. The molecule has 0 saturated carbocycles. The van der Waals surface area contributed by atoms with Crippen LogP contribution in [-0.2, 0) is 13.1 Å². The monoisotopic (exact) mass is 259 g/mol. The lowest BCUT2D eigenvalue weighted by molar-refractivity contribution is -0.385. The number of nitrogens with zero attached hydrogens (tertiary/aromatic N) is 2. The molecule has 0 amide bonds. The van der Waals surface area contributed by atoms with E-state index in [4.69, 9.17) is 0 Å². The smallest absolute Gasteiger partial charge is 0.274 e. The molecule has 2 rings (SSSR count). The molecule has 5 heteroatoms. The molecule has 1 N–H and O–H groups in total. The summed E-state index contributed by atoms with van der Waals surface area (Å²) in [4.78, 5) is 10.5. The van der Waals surface area contributed by atoms with Crippen molar-refractivity contribution in [2.45, 2.75) is 26.9 Å². The summed E-state index contributed by atoms with van der Waals surface area (Å²) in [7, 11) is 0. The molecule has 0 bridgehead atoms. The number of nitrogens with one attached hydrogen (secondary N) is 1. The summed E-state index contributed by atoms with van der Waals surface area (Å²) < 4.78 is 2.09. The number of benzene rings is 1. The molecule has 100 valence electrons. The minimum Gasteiger partial charge on any atom is -0.380 e. The first-order valence-corrected chi connectivity index (χ1v) is 6.24. The Bertz CT molecular complexity index is 590. The molecule has 0 atom stereocenters. The van der Waals surface area contributed by atoms with Crippen molar-refractivity contribution in [2.75, 3.05) is 5.32 Å². The van der Waals surface area contributed by atoms with Gasteiger partial charge in [0, 0.05) is 42.8 Å². The van der Waals surface area contributed by atoms with Crippen LogP contribution in [0.3, 0.4) is 0 Å². The lowest BCUT2D eigenvalue weighted by Gasteiger charge is -2.08. The maximum absolute atomic E-state index is 10.9. The first-order chi connectivity index (χ1) is 9.11. The van der Waals surface area contributed by atoms with E-state index in [2.05, 4.69) is 23.0 Å². The Morgan fingerprint density at radius 2 is 2.16 bits per heavy atom. The van der Waals surface area contributed by atoms with E-state index in [1.54, 1.807) is 13.0 Å². The summed E-state index contributed by atoms with van der Waals surface area (Å²) in [5.74, 6) is 0. The van der Waals surface area contributed by atoms with Crippen LogP contribution >= 0.6 is 0 Å². The summed E-state index contributed by atoms with van der Waals surface area (Å²) in [5.41, 5.74) is 2.78. The van der Waals surface area contributed by atoms with Gasteiger partial charge in [-0.2, -0.15) is 0 Å². The minimum atomic E-state index is -0.353. The molecule has 0 fully saturated rings. The molecule has 0 aliphatic heterocycles. The van der Waals surface area contributed by atoms with Crippen LogP contribution in [0.5, 0.6) is 0 Å². The van der Waals surface area contributed by atoms with Gasteiger partial charge in [0.15, 0.2) is 0 Å². The van der Waals surface area contributed by atoms with Crippen molar-refractivity contribution >= 4 is 11.4 Å². The average Bonchev–Trinajstić information content (AvgIpc) is 2.85. The van der Waals surface area contributed by atoms with Crippen LogP contribution in [0.1, 0.15) is 18.1 Å². The zero-order valence-electron chi connectivity index (χ0n) is 11.1. The van der Waals surface area contributed by atoms with E-state index in [-0.39, 0.29) is 10.6 Å². The van der Waals surface area contributed by atoms with Gasteiger partial charge < -0.3 is 9.88 Å². The van der Waals surface area contributed by atoms with Crippen molar-refractivity contribution < 1.29 is 4.92 Å². The predicted molar refractivity (Wildman–Crippen MR) is 75.3 cm³/mol. The van der Waals surface area contributed by atoms with Crippen LogP contribution in [0.25, 0.3) is 0 Å². The SMILES string of the molecule is CCn1ccc(CNc2cccc([N+](=O)[O-])c2C)c1. The summed E-state index contributed by atoms with van der Waals surface area (Å²) in [6.07, 6.45) is 4.09. The molecule has 19 heavy (non-hydrogen) atoms. The van der Waals surface area contributed by atoms with Crippen molar-refractivity contribution in [3.8, 4) is 0 Å². The molecular weight excluding hydrogens is 242 g/mol. The van der Waals surface area contributed by atoms with E-state index in [9.17, 15) is 10.1 Å². The third-order valence-electron chi connectivity index (χ3n) is 3.16. The molecule has 0 aliphatic carbocycles. The zero-order valence-corrected chi connectivity index (χ0v) is 11.1. The van der Waals surface area contributed by atoms with Crippen LogP contribution in [0.2, 0.25) is 0 Å². The average molecular weight is 259 g/mol. The van der Waals surface area contributed by atoms with Crippen LogP contribution in [0, 0.1) is 17.0 Å². The van der Waals surface area contributed by atoms with Crippen LogP contribution < -0.4 is 5.32 Å². The van der Waals surface area contributed by atoms with Crippen LogP contribution in [0.15, 0.2) is 36.7 Å². The quantitative estimate of drug-likeness (QED) is 0.661.